The van der Waals surface area contributed by atoms with Gasteiger partial charge in [-0.15, -0.1) is 0 Å². The second-order valence-electron chi connectivity index (χ2n) is 4.68. The monoisotopic (exact) mass is 321 g/mol. The molecule has 0 amide bonds. The van der Waals surface area contributed by atoms with Gasteiger partial charge in [0, 0.05) is 23.8 Å². The number of hydrogen-bond acceptors (Lipinski definition) is 6. The fraction of sp³-hybridized carbons (Fsp3) is 0. The van der Waals surface area contributed by atoms with Crippen molar-refractivity contribution < 1.29 is 31.3 Å². The van der Waals surface area contributed by atoms with Crippen molar-refractivity contribution in [1.82, 2.24) is 0 Å². The first-order valence-electron chi connectivity index (χ1n) is 6.50. The minimum Gasteiger partial charge on any atom is -0.595 e. The van der Waals surface area contributed by atoms with Gasteiger partial charge in [0.2, 0.25) is 0 Å². The van der Waals surface area contributed by atoms with Crippen LogP contribution in [-0.4, -0.2) is 15.6 Å². The van der Waals surface area contributed by atoms with Crippen LogP contribution in [0.2, 0.25) is 0 Å². The van der Waals surface area contributed by atoms with Crippen LogP contribution >= 0.6 is 0 Å². The Kier molecular flexibility index (Phi) is 5.52. The van der Waals surface area contributed by atoms with Crippen LogP contribution in [0.4, 0.5) is 17.1 Å². The topological polar surface area (TPSA) is 143 Å². The molecule has 0 aliphatic heterocycles. The van der Waals surface area contributed by atoms with Gasteiger partial charge in [-0.25, -0.2) is 15.6 Å². The minimum absolute atomic E-state index is 0.117. The minimum atomic E-state index is -1.24. The van der Waals surface area contributed by atoms with Crippen molar-refractivity contribution in [3.8, 4) is 0 Å². The lowest BCUT2D eigenvalue weighted by atomic mass is 10.1. The molecular weight excluding hydrogens is 306 g/mol. The molecule has 0 radical (unpaired) electrons. The lowest BCUT2D eigenvalue weighted by molar-refractivity contribution is -0.996. The first kappa shape index (κ1) is 17.2. The highest BCUT2D eigenvalue weighted by Crippen LogP contribution is 2.18. The van der Waals surface area contributed by atoms with Crippen molar-refractivity contribution in [2.45, 2.75) is 0 Å². The molecule has 6 N–H and O–H groups in total. The van der Waals surface area contributed by atoms with Gasteiger partial charge in [-0.05, 0) is 17.7 Å². The van der Waals surface area contributed by atoms with Crippen LogP contribution in [0.5, 0.6) is 0 Å². The van der Waals surface area contributed by atoms with E-state index in [1.165, 1.54) is 30.3 Å². The van der Waals surface area contributed by atoms with Crippen molar-refractivity contribution in [2.75, 3.05) is 0 Å². The molecule has 0 aromatic heterocycles. The molecule has 0 saturated carbocycles. The van der Waals surface area contributed by atoms with Crippen molar-refractivity contribution in [2.24, 2.45) is 0 Å². The molecule has 23 heavy (non-hydrogen) atoms. The summed E-state index contributed by atoms with van der Waals surface area (Å²) in [6.45, 7) is 0. The van der Waals surface area contributed by atoms with E-state index in [9.17, 15) is 20.8 Å². The summed E-state index contributed by atoms with van der Waals surface area (Å²) in [6.07, 6.45) is 3.06. The lowest BCUT2D eigenvalue weighted by Crippen LogP contribution is -3.01. The average Bonchev–Trinajstić information content (AvgIpc) is 2.52. The molecule has 0 aliphatic rings. The third-order valence-corrected chi connectivity index (χ3v) is 3.12. The zero-order chi connectivity index (χ0) is 17.0. The predicted octanol–water partition coefficient (Wildman–Crippen LogP) is -0.933. The number of benzene rings is 2. The molecule has 2 aromatic carbocycles. The Morgan fingerprint density at radius 1 is 0.739 bits per heavy atom. The number of rotatable bonds is 5. The smallest absolute Gasteiger partial charge is 0.177 e. The van der Waals surface area contributed by atoms with E-state index in [2.05, 4.69) is 0 Å². The molecule has 122 valence electrons. The molecule has 0 heterocycles. The molecule has 0 bridgehead atoms. The molecular formula is C14H15N3O6. The molecule has 3 unspecified atom stereocenters. The average molecular weight is 321 g/mol. The summed E-state index contributed by atoms with van der Waals surface area (Å²) in [4.78, 5) is 0. The standard InChI is InChI=1S/C14H15N3O6/c18-15(19)12-3-1-2-10(8-12)4-5-11-6-7-13(16(20)21)9-14(11)17(22)23/h1-9,15-18,20,22H. The first-order valence-corrected chi connectivity index (χ1v) is 6.50. The fourth-order valence-electron chi connectivity index (χ4n) is 1.98. The molecule has 2 aromatic rings. The highest BCUT2D eigenvalue weighted by atomic mass is 16.8. The predicted molar refractivity (Wildman–Crippen MR) is 79.1 cm³/mol. The largest absolute Gasteiger partial charge is 0.595 e. The van der Waals surface area contributed by atoms with Gasteiger partial charge >= 0.3 is 0 Å². The van der Waals surface area contributed by atoms with Crippen LogP contribution in [0.15, 0.2) is 42.5 Å². The van der Waals surface area contributed by atoms with Crippen molar-refractivity contribution >= 4 is 29.2 Å². The summed E-state index contributed by atoms with van der Waals surface area (Å²) in [5, 5.41) is 56.6. The van der Waals surface area contributed by atoms with Crippen LogP contribution in [0, 0.1) is 15.6 Å². The van der Waals surface area contributed by atoms with E-state index in [4.69, 9.17) is 10.4 Å². The summed E-state index contributed by atoms with van der Waals surface area (Å²) in [7, 11) is 0. The van der Waals surface area contributed by atoms with Crippen LogP contribution in [0.1, 0.15) is 11.1 Å². The van der Waals surface area contributed by atoms with Crippen molar-refractivity contribution in [3.63, 3.8) is 0 Å². The van der Waals surface area contributed by atoms with Gasteiger partial charge in [-0.3, -0.25) is 0 Å². The van der Waals surface area contributed by atoms with E-state index in [-0.39, 0.29) is 17.1 Å². The first-order chi connectivity index (χ1) is 10.9. The van der Waals surface area contributed by atoms with Crippen LogP contribution in [0.25, 0.3) is 12.2 Å². The van der Waals surface area contributed by atoms with Gasteiger partial charge < -0.3 is 15.6 Å². The Bertz CT molecular complexity index is 703. The van der Waals surface area contributed by atoms with E-state index < -0.39 is 15.7 Å². The van der Waals surface area contributed by atoms with Crippen molar-refractivity contribution in [3.05, 3.63) is 69.2 Å². The molecule has 3 atom stereocenters. The Morgan fingerprint density at radius 3 is 2.00 bits per heavy atom. The fourth-order valence-corrected chi connectivity index (χ4v) is 1.98. The van der Waals surface area contributed by atoms with E-state index in [1.54, 1.807) is 18.2 Å². The summed E-state index contributed by atoms with van der Waals surface area (Å²) >= 11 is 0. The Hall–Kier alpha value is -2.18. The summed E-state index contributed by atoms with van der Waals surface area (Å²) < 4.78 is 0. The number of hydrogen-bond donors (Lipinski definition) is 6. The third-order valence-electron chi connectivity index (χ3n) is 3.12. The van der Waals surface area contributed by atoms with E-state index in [1.807, 2.05) is 0 Å². The maximum Gasteiger partial charge on any atom is 0.177 e. The van der Waals surface area contributed by atoms with Gasteiger partial charge in [0.25, 0.3) is 0 Å². The summed E-state index contributed by atoms with van der Waals surface area (Å²) in [6, 6.07) is 9.93. The summed E-state index contributed by atoms with van der Waals surface area (Å²) in [5.41, 5.74) is 0.765. The maximum atomic E-state index is 11.2. The zero-order valence-corrected chi connectivity index (χ0v) is 11.8. The van der Waals surface area contributed by atoms with Gasteiger partial charge in [-0.1, -0.05) is 18.2 Å². The van der Waals surface area contributed by atoms with Gasteiger partial charge in [0.15, 0.2) is 17.1 Å². The molecule has 0 spiro atoms. The van der Waals surface area contributed by atoms with Crippen LogP contribution in [0.3, 0.4) is 0 Å². The Labute approximate surface area is 130 Å². The van der Waals surface area contributed by atoms with E-state index in [0.29, 0.717) is 11.1 Å². The molecule has 2 rings (SSSR count). The maximum absolute atomic E-state index is 11.2. The second kappa shape index (κ2) is 7.39. The second-order valence-corrected chi connectivity index (χ2v) is 4.68. The van der Waals surface area contributed by atoms with E-state index >= 15 is 0 Å². The normalized spacial score (nSPS) is 15.6. The molecule has 0 fully saturated rings. The third kappa shape index (κ3) is 4.40. The van der Waals surface area contributed by atoms with Crippen LogP contribution in [-0.2, 0) is 0 Å². The molecule has 0 aliphatic carbocycles. The number of quaternary nitrogens is 3. The zero-order valence-electron chi connectivity index (χ0n) is 11.8. The van der Waals surface area contributed by atoms with Crippen LogP contribution < -0.4 is 15.7 Å². The van der Waals surface area contributed by atoms with Gasteiger partial charge in [0.1, 0.15) is 0 Å². The highest BCUT2D eigenvalue weighted by Gasteiger charge is 2.11. The Balaban J connectivity index is 2.33. The van der Waals surface area contributed by atoms with Crippen molar-refractivity contribution in [1.29, 1.82) is 0 Å². The Morgan fingerprint density at radius 2 is 1.39 bits per heavy atom. The SMILES string of the molecule is [O-][NH+](O)c1cccc(C=Cc2ccc([NH+]([O-])O)cc2[NH+]([O-])O)c1. The summed E-state index contributed by atoms with van der Waals surface area (Å²) in [5.74, 6) is 0. The lowest BCUT2D eigenvalue weighted by Gasteiger charge is -2.17. The van der Waals surface area contributed by atoms with Gasteiger partial charge in [-0.2, -0.15) is 15.7 Å². The molecule has 9 heteroatoms. The highest BCUT2D eigenvalue weighted by molar-refractivity contribution is 5.75. The van der Waals surface area contributed by atoms with E-state index in [0.717, 1.165) is 6.07 Å². The quantitative estimate of drug-likeness (QED) is 0.310. The molecule has 9 nitrogen and oxygen atoms in total. The van der Waals surface area contributed by atoms with Gasteiger partial charge in [0.05, 0.1) is 6.07 Å². The number of nitrogens with one attached hydrogen (secondary N) is 3. The molecule has 0 saturated heterocycles.